The predicted octanol–water partition coefficient (Wildman–Crippen LogP) is 0.877. The molecule has 2 heteroatoms. The SMILES string of the molecule is C=C1CCN(C)CC1(C)CO. The van der Waals surface area contributed by atoms with E-state index in [0.717, 1.165) is 19.5 Å². The topological polar surface area (TPSA) is 23.5 Å². The number of likely N-dealkylation sites (tertiary alicyclic amines) is 1. The van der Waals surface area contributed by atoms with Crippen molar-refractivity contribution in [2.45, 2.75) is 13.3 Å². The first-order chi connectivity index (χ1) is 5.08. The molecule has 0 aromatic rings. The molecule has 2 nitrogen and oxygen atoms in total. The van der Waals surface area contributed by atoms with Crippen LogP contribution in [0.2, 0.25) is 0 Å². The summed E-state index contributed by atoms with van der Waals surface area (Å²) < 4.78 is 0. The van der Waals surface area contributed by atoms with Crippen molar-refractivity contribution in [3.05, 3.63) is 12.2 Å². The molecule has 0 amide bonds. The lowest BCUT2D eigenvalue weighted by Crippen LogP contribution is -2.42. The monoisotopic (exact) mass is 155 g/mol. The van der Waals surface area contributed by atoms with Crippen LogP contribution < -0.4 is 0 Å². The second kappa shape index (κ2) is 2.95. The standard InChI is InChI=1S/C9H17NO/c1-8-4-5-10(3)6-9(8,2)7-11/h11H,1,4-7H2,2-3H3. The first-order valence-corrected chi connectivity index (χ1v) is 4.06. The third kappa shape index (κ3) is 1.63. The Kier molecular flexibility index (Phi) is 2.35. The zero-order valence-electron chi connectivity index (χ0n) is 7.43. The highest BCUT2D eigenvalue weighted by Crippen LogP contribution is 2.32. The number of rotatable bonds is 1. The van der Waals surface area contributed by atoms with Gasteiger partial charge in [-0.15, -0.1) is 0 Å². The molecule has 0 aromatic heterocycles. The summed E-state index contributed by atoms with van der Waals surface area (Å²) in [5.41, 5.74) is 1.13. The van der Waals surface area contributed by atoms with Gasteiger partial charge in [-0.2, -0.15) is 0 Å². The van der Waals surface area contributed by atoms with Crippen LogP contribution in [0.1, 0.15) is 13.3 Å². The third-order valence-corrected chi connectivity index (χ3v) is 2.62. The zero-order valence-corrected chi connectivity index (χ0v) is 7.43. The molecule has 1 aliphatic heterocycles. The zero-order chi connectivity index (χ0) is 8.48. The Balaban J connectivity index is 2.68. The van der Waals surface area contributed by atoms with Crippen LogP contribution in [0, 0.1) is 5.41 Å². The molecule has 64 valence electrons. The highest BCUT2D eigenvalue weighted by atomic mass is 16.3. The van der Waals surface area contributed by atoms with Gasteiger partial charge < -0.3 is 10.0 Å². The van der Waals surface area contributed by atoms with Crippen LogP contribution in [0.15, 0.2) is 12.2 Å². The largest absolute Gasteiger partial charge is 0.395 e. The van der Waals surface area contributed by atoms with E-state index in [2.05, 4.69) is 25.5 Å². The van der Waals surface area contributed by atoms with E-state index in [-0.39, 0.29) is 12.0 Å². The van der Waals surface area contributed by atoms with E-state index in [9.17, 15) is 0 Å². The minimum absolute atomic E-state index is 0.0625. The van der Waals surface area contributed by atoms with Gasteiger partial charge in [-0.3, -0.25) is 0 Å². The van der Waals surface area contributed by atoms with Gasteiger partial charge in [-0.25, -0.2) is 0 Å². The number of hydrogen-bond donors (Lipinski definition) is 1. The summed E-state index contributed by atoms with van der Waals surface area (Å²) >= 11 is 0. The second-order valence-corrected chi connectivity index (χ2v) is 3.81. The van der Waals surface area contributed by atoms with Gasteiger partial charge in [0.15, 0.2) is 0 Å². The maximum atomic E-state index is 9.15. The minimum Gasteiger partial charge on any atom is -0.395 e. The van der Waals surface area contributed by atoms with Crippen LogP contribution in [0.4, 0.5) is 0 Å². The van der Waals surface area contributed by atoms with Gasteiger partial charge in [-0.05, 0) is 13.5 Å². The molecule has 0 spiro atoms. The van der Waals surface area contributed by atoms with Crippen LogP contribution in [0.3, 0.4) is 0 Å². The molecule has 1 fully saturated rings. The number of hydrogen-bond acceptors (Lipinski definition) is 2. The van der Waals surface area contributed by atoms with E-state index >= 15 is 0 Å². The summed E-state index contributed by atoms with van der Waals surface area (Å²) in [5, 5.41) is 9.15. The molecule has 1 rings (SSSR count). The smallest absolute Gasteiger partial charge is 0.0534 e. The van der Waals surface area contributed by atoms with E-state index in [1.807, 2.05) is 0 Å². The molecule has 0 bridgehead atoms. The Morgan fingerprint density at radius 1 is 1.73 bits per heavy atom. The first-order valence-electron chi connectivity index (χ1n) is 4.06. The van der Waals surface area contributed by atoms with E-state index in [0.29, 0.717) is 0 Å². The Morgan fingerprint density at radius 3 is 2.82 bits per heavy atom. The average Bonchev–Trinajstić information content (AvgIpc) is 1.98. The van der Waals surface area contributed by atoms with Crippen molar-refractivity contribution in [3.63, 3.8) is 0 Å². The molecule has 1 saturated heterocycles. The molecule has 0 saturated carbocycles. The summed E-state index contributed by atoms with van der Waals surface area (Å²) in [5.74, 6) is 0. The van der Waals surface area contributed by atoms with Crippen molar-refractivity contribution in [1.29, 1.82) is 0 Å². The Labute approximate surface area is 68.5 Å². The van der Waals surface area contributed by atoms with Gasteiger partial charge in [0.2, 0.25) is 0 Å². The van der Waals surface area contributed by atoms with Crippen LogP contribution in [-0.4, -0.2) is 36.8 Å². The van der Waals surface area contributed by atoms with Crippen molar-refractivity contribution >= 4 is 0 Å². The lowest BCUT2D eigenvalue weighted by Gasteiger charge is -2.39. The minimum atomic E-state index is -0.0625. The molecule has 1 heterocycles. The van der Waals surface area contributed by atoms with Gasteiger partial charge in [0.1, 0.15) is 0 Å². The van der Waals surface area contributed by atoms with Crippen molar-refractivity contribution in [2.24, 2.45) is 5.41 Å². The maximum Gasteiger partial charge on any atom is 0.0534 e. The van der Waals surface area contributed by atoms with Crippen LogP contribution in [0.25, 0.3) is 0 Å². The quantitative estimate of drug-likeness (QED) is 0.568. The summed E-state index contributed by atoms with van der Waals surface area (Å²) in [7, 11) is 2.08. The normalized spacial score (nSPS) is 34.3. The van der Waals surface area contributed by atoms with Gasteiger partial charge in [0.05, 0.1) is 6.61 Å². The van der Waals surface area contributed by atoms with Crippen molar-refractivity contribution in [2.75, 3.05) is 26.7 Å². The third-order valence-electron chi connectivity index (χ3n) is 2.62. The molecule has 0 aromatic carbocycles. The van der Waals surface area contributed by atoms with Crippen molar-refractivity contribution in [1.82, 2.24) is 4.90 Å². The van der Waals surface area contributed by atoms with Gasteiger partial charge in [0.25, 0.3) is 0 Å². The van der Waals surface area contributed by atoms with Crippen LogP contribution in [-0.2, 0) is 0 Å². The molecular formula is C9H17NO. The Bertz CT molecular complexity index is 167. The van der Waals surface area contributed by atoms with E-state index in [4.69, 9.17) is 5.11 Å². The van der Waals surface area contributed by atoms with E-state index in [1.54, 1.807) is 0 Å². The number of piperidine rings is 1. The average molecular weight is 155 g/mol. The fourth-order valence-electron chi connectivity index (χ4n) is 1.58. The van der Waals surface area contributed by atoms with Gasteiger partial charge in [0, 0.05) is 18.5 Å². The first kappa shape index (κ1) is 8.75. The number of aliphatic hydroxyl groups is 1. The van der Waals surface area contributed by atoms with Crippen molar-refractivity contribution < 1.29 is 5.11 Å². The highest BCUT2D eigenvalue weighted by molar-refractivity contribution is 5.13. The maximum absolute atomic E-state index is 9.15. The molecule has 1 unspecified atom stereocenters. The Hall–Kier alpha value is -0.340. The lowest BCUT2D eigenvalue weighted by molar-refractivity contribution is 0.105. The highest BCUT2D eigenvalue weighted by Gasteiger charge is 2.31. The lowest BCUT2D eigenvalue weighted by atomic mass is 9.79. The van der Waals surface area contributed by atoms with Crippen LogP contribution in [0.5, 0.6) is 0 Å². The molecule has 1 aliphatic rings. The molecular weight excluding hydrogens is 138 g/mol. The predicted molar refractivity (Wildman–Crippen MR) is 46.4 cm³/mol. The summed E-state index contributed by atoms with van der Waals surface area (Å²) in [6.45, 7) is 8.29. The van der Waals surface area contributed by atoms with Crippen molar-refractivity contribution in [3.8, 4) is 0 Å². The summed E-state index contributed by atoms with van der Waals surface area (Å²) in [4.78, 5) is 2.24. The Morgan fingerprint density at radius 2 is 2.36 bits per heavy atom. The number of nitrogens with zero attached hydrogens (tertiary/aromatic N) is 1. The van der Waals surface area contributed by atoms with Gasteiger partial charge >= 0.3 is 0 Å². The summed E-state index contributed by atoms with van der Waals surface area (Å²) in [6.07, 6.45) is 1.02. The molecule has 11 heavy (non-hydrogen) atoms. The molecule has 0 radical (unpaired) electrons. The second-order valence-electron chi connectivity index (χ2n) is 3.81. The fraction of sp³-hybridized carbons (Fsp3) is 0.778. The number of aliphatic hydroxyl groups excluding tert-OH is 1. The van der Waals surface area contributed by atoms with Gasteiger partial charge in [-0.1, -0.05) is 19.1 Å². The molecule has 1 atom stereocenters. The van der Waals surface area contributed by atoms with E-state index < -0.39 is 0 Å². The fourth-order valence-corrected chi connectivity index (χ4v) is 1.58. The van der Waals surface area contributed by atoms with E-state index in [1.165, 1.54) is 5.57 Å². The van der Waals surface area contributed by atoms with Crippen LogP contribution >= 0.6 is 0 Å². The summed E-state index contributed by atoms with van der Waals surface area (Å²) in [6, 6.07) is 0. The molecule has 1 N–H and O–H groups in total. The molecule has 0 aliphatic carbocycles.